The third-order valence-electron chi connectivity index (χ3n) is 5.41. The van der Waals surface area contributed by atoms with E-state index in [0.717, 1.165) is 45.7 Å². The van der Waals surface area contributed by atoms with Crippen LogP contribution in [0.4, 0.5) is 5.82 Å². The Morgan fingerprint density at radius 2 is 2.06 bits per heavy atom. The molecule has 2 aromatic rings. The van der Waals surface area contributed by atoms with Gasteiger partial charge in [0.1, 0.15) is 15.8 Å². The van der Waals surface area contributed by atoms with Gasteiger partial charge in [-0.25, -0.2) is 4.98 Å². The summed E-state index contributed by atoms with van der Waals surface area (Å²) >= 11 is 6.60. The summed E-state index contributed by atoms with van der Waals surface area (Å²) in [6.07, 6.45) is 5.05. The SMILES string of the molecule is CCCN1C(=O)C(=Cc2c(NCCCN3CCOCC3)nc3ccccn3c2=O)SC1=S. The van der Waals surface area contributed by atoms with Crippen molar-refractivity contribution in [2.24, 2.45) is 0 Å². The minimum Gasteiger partial charge on any atom is -0.379 e. The van der Waals surface area contributed by atoms with Gasteiger partial charge in [0, 0.05) is 32.4 Å². The number of ether oxygens (including phenoxy) is 1. The van der Waals surface area contributed by atoms with E-state index in [2.05, 4.69) is 15.2 Å². The molecule has 2 aliphatic rings. The molecule has 0 unspecified atom stereocenters. The predicted octanol–water partition coefficient (Wildman–Crippen LogP) is 2.44. The zero-order chi connectivity index (χ0) is 22.5. The number of aromatic nitrogens is 2. The van der Waals surface area contributed by atoms with E-state index >= 15 is 0 Å². The molecular weight excluding hydrogens is 446 g/mol. The highest BCUT2D eigenvalue weighted by molar-refractivity contribution is 8.26. The Labute approximate surface area is 196 Å². The van der Waals surface area contributed by atoms with Crippen molar-refractivity contribution in [1.82, 2.24) is 19.2 Å². The fourth-order valence-electron chi connectivity index (χ4n) is 3.75. The van der Waals surface area contributed by atoms with Crippen molar-refractivity contribution in [2.75, 3.05) is 51.3 Å². The smallest absolute Gasteiger partial charge is 0.267 e. The lowest BCUT2D eigenvalue weighted by Crippen LogP contribution is -2.37. The number of nitrogens with one attached hydrogen (secondary N) is 1. The average Bonchev–Trinajstić information content (AvgIpc) is 3.07. The molecule has 2 aromatic heterocycles. The van der Waals surface area contributed by atoms with Crippen LogP contribution in [0, 0.1) is 0 Å². The Balaban J connectivity index is 1.59. The van der Waals surface area contributed by atoms with Gasteiger partial charge in [-0.3, -0.25) is 23.8 Å². The minimum atomic E-state index is -0.216. The molecule has 0 aliphatic carbocycles. The largest absolute Gasteiger partial charge is 0.379 e. The predicted molar refractivity (Wildman–Crippen MR) is 132 cm³/mol. The number of fused-ring (bicyclic) bond motifs is 1. The van der Waals surface area contributed by atoms with Crippen LogP contribution < -0.4 is 10.9 Å². The van der Waals surface area contributed by atoms with Crippen LogP contribution in [0.3, 0.4) is 0 Å². The van der Waals surface area contributed by atoms with E-state index in [9.17, 15) is 9.59 Å². The second kappa shape index (κ2) is 10.6. The molecule has 8 nitrogen and oxygen atoms in total. The molecule has 32 heavy (non-hydrogen) atoms. The Hall–Kier alpha value is -2.27. The molecule has 1 N–H and O–H groups in total. The second-order valence-corrected chi connectivity index (χ2v) is 9.35. The average molecular weight is 474 g/mol. The molecule has 2 aliphatic heterocycles. The molecule has 0 aromatic carbocycles. The Kier molecular flexibility index (Phi) is 7.56. The number of pyridine rings is 1. The summed E-state index contributed by atoms with van der Waals surface area (Å²) in [6.45, 7) is 7.64. The summed E-state index contributed by atoms with van der Waals surface area (Å²) in [5.74, 6) is 0.335. The van der Waals surface area contributed by atoms with Gasteiger partial charge in [-0.2, -0.15) is 0 Å². The van der Waals surface area contributed by atoms with Crippen LogP contribution in [0.1, 0.15) is 25.3 Å². The maximum atomic E-state index is 13.3. The van der Waals surface area contributed by atoms with Crippen LogP contribution in [0.2, 0.25) is 0 Å². The molecule has 0 atom stereocenters. The maximum Gasteiger partial charge on any atom is 0.267 e. The van der Waals surface area contributed by atoms with Crippen molar-refractivity contribution in [1.29, 1.82) is 0 Å². The van der Waals surface area contributed by atoms with Crippen molar-refractivity contribution in [3.63, 3.8) is 0 Å². The number of carbonyl (C=O) groups excluding carboxylic acids is 1. The van der Waals surface area contributed by atoms with Gasteiger partial charge in [-0.05, 0) is 37.6 Å². The standard InChI is InChI=1S/C22H27N5O3S2/c1-2-8-27-21(29)17(32-22(27)31)15-16-19(23-7-5-9-25-11-13-30-14-12-25)24-18-6-3-4-10-26(18)20(16)28/h3-4,6,10,15,23H,2,5,7-9,11-14H2,1H3. The minimum absolute atomic E-state index is 0.155. The second-order valence-electron chi connectivity index (χ2n) is 7.68. The highest BCUT2D eigenvalue weighted by Gasteiger charge is 2.32. The number of carbonyl (C=O) groups is 1. The number of thiocarbonyl (C=S) groups is 1. The zero-order valence-corrected chi connectivity index (χ0v) is 19.7. The van der Waals surface area contributed by atoms with Gasteiger partial charge >= 0.3 is 0 Å². The van der Waals surface area contributed by atoms with E-state index in [0.29, 0.717) is 39.3 Å². The van der Waals surface area contributed by atoms with Gasteiger partial charge in [-0.15, -0.1) is 0 Å². The fraction of sp³-hybridized carbons (Fsp3) is 0.455. The summed E-state index contributed by atoms with van der Waals surface area (Å²) in [5, 5.41) is 3.33. The summed E-state index contributed by atoms with van der Waals surface area (Å²) in [6, 6.07) is 5.43. The summed E-state index contributed by atoms with van der Waals surface area (Å²) < 4.78 is 7.42. The van der Waals surface area contributed by atoms with E-state index < -0.39 is 0 Å². The van der Waals surface area contributed by atoms with Crippen LogP contribution in [0.15, 0.2) is 34.1 Å². The van der Waals surface area contributed by atoms with Gasteiger partial charge in [-0.1, -0.05) is 37.0 Å². The van der Waals surface area contributed by atoms with Crippen molar-refractivity contribution in [3.05, 3.63) is 45.2 Å². The lowest BCUT2D eigenvalue weighted by molar-refractivity contribution is -0.122. The Bertz CT molecular complexity index is 1090. The molecule has 2 fully saturated rings. The van der Waals surface area contributed by atoms with Gasteiger partial charge < -0.3 is 10.1 Å². The van der Waals surface area contributed by atoms with E-state index in [-0.39, 0.29) is 11.5 Å². The topological polar surface area (TPSA) is 79.2 Å². The Morgan fingerprint density at radius 3 is 2.84 bits per heavy atom. The van der Waals surface area contributed by atoms with Crippen LogP contribution >= 0.6 is 24.0 Å². The van der Waals surface area contributed by atoms with E-state index in [1.807, 2.05) is 13.0 Å². The molecule has 0 saturated carbocycles. The number of nitrogens with zero attached hydrogens (tertiary/aromatic N) is 4. The van der Waals surface area contributed by atoms with Crippen molar-refractivity contribution in [2.45, 2.75) is 19.8 Å². The molecule has 2 saturated heterocycles. The highest BCUT2D eigenvalue weighted by Crippen LogP contribution is 2.33. The van der Waals surface area contributed by atoms with Crippen LogP contribution in [0.25, 0.3) is 11.7 Å². The number of hydrogen-bond acceptors (Lipinski definition) is 8. The molecule has 170 valence electrons. The molecule has 4 rings (SSSR count). The summed E-state index contributed by atoms with van der Waals surface area (Å²) in [4.78, 5) is 35.2. The van der Waals surface area contributed by atoms with Gasteiger partial charge in [0.15, 0.2) is 0 Å². The summed E-state index contributed by atoms with van der Waals surface area (Å²) in [7, 11) is 0. The molecule has 10 heteroatoms. The van der Waals surface area contributed by atoms with Crippen LogP contribution in [0.5, 0.6) is 0 Å². The summed E-state index contributed by atoms with van der Waals surface area (Å²) in [5.41, 5.74) is 0.716. The van der Waals surface area contributed by atoms with Gasteiger partial charge in [0.25, 0.3) is 11.5 Å². The van der Waals surface area contributed by atoms with E-state index in [1.54, 1.807) is 29.3 Å². The molecule has 0 bridgehead atoms. The molecule has 1 amide bonds. The molecule has 4 heterocycles. The van der Waals surface area contributed by atoms with Crippen molar-refractivity contribution in [3.8, 4) is 0 Å². The zero-order valence-electron chi connectivity index (χ0n) is 18.1. The maximum absolute atomic E-state index is 13.3. The fourth-order valence-corrected chi connectivity index (χ4v) is 5.04. The first-order valence-corrected chi connectivity index (χ1v) is 12.1. The monoisotopic (exact) mass is 473 g/mol. The molecule has 0 radical (unpaired) electrons. The lowest BCUT2D eigenvalue weighted by atomic mass is 10.2. The van der Waals surface area contributed by atoms with Gasteiger partial charge in [0.05, 0.1) is 23.7 Å². The van der Waals surface area contributed by atoms with E-state index in [1.165, 1.54) is 16.2 Å². The first-order chi connectivity index (χ1) is 15.6. The number of morpholine rings is 1. The van der Waals surface area contributed by atoms with Crippen molar-refractivity contribution < 1.29 is 9.53 Å². The number of thioether (sulfide) groups is 1. The Morgan fingerprint density at radius 1 is 1.25 bits per heavy atom. The first kappa shape index (κ1) is 22.9. The lowest BCUT2D eigenvalue weighted by Gasteiger charge is -2.26. The van der Waals surface area contributed by atoms with Gasteiger partial charge in [0.2, 0.25) is 0 Å². The third kappa shape index (κ3) is 5.03. The highest BCUT2D eigenvalue weighted by atomic mass is 32.2. The molecular formula is C22H27N5O3S2. The third-order valence-corrected chi connectivity index (χ3v) is 6.79. The normalized spacial score (nSPS) is 18.8. The van der Waals surface area contributed by atoms with Crippen LogP contribution in [-0.2, 0) is 9.53 Å². The number of hydrogen-bond donors (Lipinski definition) is 1. The number of amides is 1. The van der Waals surface area contributed by atoms with Crippen LogP contribution in [-0.4, -0.2) is 75.3 Å². The first-order valence-electron chi connectivity index (χ1n) is 10.9. The quantitative estimate of drug-likeness (QED) is 0.356. The van der Waals surface area contributed by atoms with E-state index in [4.69, 9.17) is 17.0 Å². The van der Waals surface area contributed by atoms with Crippen molar-refractivity contribution >= 4 is 51.7 Å². The number of anilines is 1. The number of rotatable bonds is 8. The molecule has 0 spiro atoms.